The number of halogens is 1. The fourth-order valence-corrected chi connectivity index (χ4v) is 5.24. The maximum Gasteiger partial charge on any atom is 0.324 e. The lowest BCUT2D eigenvalue weighted by molar-refractivity contribution is -0.131. The minimum atomic E-state index is -1.03. The first-order chi connectivity index (χ1) is 18.7. The van der Waals surface area contributed by atoms with E-state index in [-0.39, 0.29) is 23.8 Å². The predicted octanol–water partition coefficient (Wildman–Crippen LogP) is 5.13. The number of para-hydroxylation sites is 1. The first kappa shape index (κ1) is 27.8. The molecule has 1 aliphatic carbocycles. The molecule has 0 unspecified atom stereocenters. The molecule has 8 heteroatoms. The predicted molar refractivity (Wildman–Crippen MR) is 149 cm³/mol. The van der Waals surface area contributed by atoms with Crippen LogP contribution in [0.5, 0.6) is 0 Å². The quantitative estimate of drug-likeness (QED) is 0.423. The summed E-state index contributed by atoms with van der Waals surface area (Å²) in [5.74, 6) is -1.68. The van der Waals surface area contributed by atoms with Gasteiger partial charge in [0.25, 0.3) is 0 Å². The lowest BCUT2D eigenvalue weighted by atomic mass is 9.74. The summed E-state index contributed by atoms with van der Waals surface area (Å²) in [6.45, 7) is 0.411. The molecule has 1 fully saturated rings. The Bertz CT molecular complexity index is 1280. The highest BCUT2D eigenvalue weighted by Gasteiger charge is 2.34. The molecule has 3 aromatic rings. The second-order valence-corrected chi connectivity index (χ2v) is 10.2. The molecule has 0 spiro atoms. The van der Waals surface area contributed by atoms with Crippen LogP contribution in [0.1, 0.15) is 54.3 Å². The van der Waals surface area contributed by atoms with Gasteiger partial charge in [-0.1, -0.05) is 67.4 Å². The lowest BCUT2D eigenvalue weighted by Gasteiger charge is -2.32. The topological polar surface area (TPSA) is 95.7 Å². The van der Waals surface area contributed by atoms with Crippen LogP contribution >= 0.6 is 0 Å². The van der Waals surface area contributed by atoms with E-state index in [9.17, 15) is 18.8 Å². The molecule has 0 aliphatic heterocycles. The van der Waals surface area contributed by atoms with Crippen molar-refractivity contribution >= 4 is 23.5 Å². The van der Waals surface area contributed by atoms with Gasteiger partial charge in [0.15, 0.2) is 0 Å². The van der Waals surface area contributed by atoms with Crippen molar-refractivity contribution in [2.45, 2.75) is 44.2 Å². The van der Waals surface area contributed by atoms with Crippen molar-refractivity contribution in [2.75, 3.05) is 19.0 Å². The van der Waals surface area contributed by atoms with E-state index in [1.54, 1.807) is 23.9 Å². The molecule has 1 saturated carbocycles. The average Bonchev–Trinajstić information content (AvgIpc) is 2.95. The van der Waals surface area contributed by atoms with Crippen molar-refractivity contribution in [3.63, 3.8) is 0 Å². The van der Waals surface area contributed by atoms with Gasteiger partial charge in [0, 0.05) is 25.7 Å². The molecule has 3 aromatic carbocycles. The fourth-order valence-electron chi connectivity index (χ4n) is 5.24. The van der Waals surface area contributed by atoms with E-state index in [1.807, 2.05) is 54.6 Å². The highest BCUT2D eigenvalue weighted by Crippen LogP contribution is 2.38. The van der Waals surface area contributed by atoms with Gasteiger partial charge < -0.3 is 16.0 Å². The van der Waals surface area contributed by atoms with Crippen molar-refractivity contribution in [1.82, 2.24) is 10.2 Å². The number of rotatable bonds is 8. The molecule has 3 atom stereocenters. The molecular formula is C31H35FN4O3. The van der Waals surface area contributed by atoms with Crippen LogP contribution in [0.3, 0.4) is 0 Å². The summed E-state index contributed by atoms with van der Waals surface area (Å²) >= 11 is 0. The molecule has 1 aliphatic rings. The number of nitrogens with zero attached hydrogens (tertiary/aromatic N) is 2. The maximum atomic E-state index is 13.4. The fraction of sp³-hybridized carbons (Fsp3) is 0.323. The standard InChI is InChI=1S/C31H35FN4O3/c1-35(2)31(39)36(25-8-4-3-5-9-25)20-21-12-14-22(15-13-21)26-10-6-7-11-27(26)30(38)34-28(29(33)37)23-16-18-24(32)19-17-23/h3-5,8-9,12-19,26-28H,6-7,10-11,20H2,1-2H3,(H2,33,37)(H,34,38)/t26-,27+,28-/m0/s1. The van der Waals surface area contributed by atoms with E-state index >= 15 is 0 Å². The van der Waals surface area contributed by atoms with Gasteiger partial charge in [-0.3, -0.25) is 14.5 Å². The average molecular weight is 531 g/mol. The first-order valence-corrected chi connectivity index (χ1v) is 13.2. The summed E-state index contributed by atoms with van der Waals surface area (Å²) in [6, 6.07) is 21.9. The zero-order valence-electron chi connectivity index (χ0n) is 22.3. The number of hydrogen-bond acceptors (Lipinski definition) is 3. The van der Waals surface area contributed by atoms with E-state index in [0.29, 0.717) is 18.5 Å². The maximum absolute atomic E-state index is 13.4. The number of benzene rings is 3. The molecule has 0 aromatic heterocycles. The van der Waals surface area contributed by atoms with Crippen molar-refractivity contribution in [3.8, 4) is 0 Å². The Labute approximate surface area is 228 Å². The van der Waals surface area contributed by atoms with Crippen LogP contribution in [0.2, 0.25) is 0 Å². The summed E-state index contributed by atoms with van der Waals surface area (Å²) in [7, 11) is 3.46. The van der Waals surface area contributed by atoms with Crippen molar-refractivity contribution in [1.29, 1.82) is 0 Å². The van der Waals surface area contributed by atoms with E-state index in [1.165, 1.54) is 24.3 Å². The minimum Gasteiger partial charge on any atom is -0.368 e. The Kier molecular flexibility index (Phi) is 8.96. The summed E-state index contributed by atoms with van der Waals surface area (Å²) in [5, 5.41) is 2.82. The zero-order valence-corrected chi connectivity index (χ0v) is 22.3. The summed E-state index contributed by atoms with van der Waals surface area (Å²) in [4.78, 5) is 41.7. The van der Waals surface area contributed by atoms with Crippen LogP contribution in [0, 0.1) is 11.7 Å². The van der Waals surface area contributed by atoms with Crippen molar-refractivity contribution < 1.29 is 18.8 Å². The Morgan fingerprint density at radius 1 is 0.923 bits per heavy atom. The van der Waals surface area contributed by atoms with E-state index in [4.69, 9.17) is 5.73 Å². The number of primary amides is 1. The monoisotopic (exact) mass is 530 g/mol. The molecule has 0 saturated heterocycles. The first-order valence-electron chi connectivity index (χ1n) is 13.2. The van der Waals surface area contributed by atoms with E-state index in [2.05, 4.69) is 5.32 Å². The van der Waals surface area contributed by atoms with Gasteiger partial charge in [0.1, 0.15) is 11.9 Å². The molecule has 39 heavy (non-hydrogen) atoms. The molecule has 0 bridgehead atoms. The van der Waals surface area contributed by atoms with Crippen molar-refractivity contribution in [3.05, 3.63) is 101 Å². The lowest BCUT2D eigenvalue weighted by Crippen LogP contribution is -2.42. The van der Waals surface area contributed by atoms with Gasteiger partial charge in [-0.15, -0.1) is 0 Å². The third-order valence-corrected chi connectivity index (χ3v) is 7.31. The molecule has 4 amide bonds. The number of urea groups is 1. The smallest absolute Gasteiger partial charge is 0.324 e. The number of amides is 4. The zero-order chi connectivity index (χ0) is 27.9. The summed E-state index contributed by atoms with van der Waals surface area (Å²) < 4.78 is 13.4. The normalized spacial score (nSPS) is 17.6. The summed E-state index contributed by atoms with van der Waals surface area (Å²) in [6.07, 6.45) is 3.48. The number of anilines is 1. The highest BCUT2D eigenvalue weighted by atomic mass is 19.1. The largest absolute Gasteiger partial charge is 0.368 e. The highest BCUT2D eigenvalue weighted by molar-refractivity contribution is 5.91. The van der Waals surface area contributed by atoms with Crippen LogP contribution in [-0.2, 0) is 16.1 Å². The molecule has 0 radical (unpaired) electrons. The van der Waals surface area contributed by atoms with Crippen LogP contribution in [0.4, 0.5) is 14.9 Å². The molecule has 7 nitrogen and oxygen atoms in total. The van der Waals surface area contributed by atoms with Gasteiger partial charge in [0.2, 0.25) is 11.8 Å². The van der Waals surface area contributed by atoms with Crippen LogP contribution in [-0.4, -0.2) is 36.8 Å². The molecule has 204 valence electrons. The van der Waals surface area contributed by atoms with Gasteiger partial charge in [-0.2, -0.15) is 0 Å². The Morgan fingerprint density at radius 2 is 1.56 bits per heavy atom. The van der Waals surface area contributed by atoms with Gasteiger partial charge >= 0.3 is 6.03 Å². The van der Waals surface area contributed by atoms with E-state index < -0.39 is 17.8 Å². The van der Waals surface area contributed by atoms with Gasteiger partial charge in [-0.25, -0.2) is 9.18 Å². The molecule has 4 rings (SSSR count). The number of nitrogens with one attached hydrogen (secondary N) is 1. The second-order valence-electron chi connectivity index (χ2n) is 10.2. The molecule has 3 N–H and O–H groups in total. The van der Waals surface area contributed by atoms with Gasteiger partial charge in [0.05, 0.1) is 6.54 Å². The third kappa shape index (κ3) is 6.82. The Balaban J connectivity index is 1.50. The number of carbonyl (C=O) groups excluding carboxylic acids is 3. The molecule has 0 heterocycles. The number of carbonyl (C=O) groups is 3. The Hall–Kier alpha value is -4.20. The minimum absolute atomic E-state index is 0.0109. The molecular weight excluding hydrogens is 495 g/mol. The number of nitrogens with two attached hydrogens (primary N) is 1. The SMILES string of the molecule is CN(C)C(=O)N(Cc1ccc([C@@H]2CCCC[C@H]2C(=O)N[C@H](C(N)=O)c2ccc(F)cc2)cc1)c1ccccc1. The van der Waals surface area contributed by atoms with Gasteiger partial charge in [-0.05, 0) is 59.7 Å². The number of hydrogen-bond donors (Lipinski definition) is 2. The third-order valence-electron chi connectivity index (χ3n) is 7.31. The summed E-state index contributed by atoms with van der Waals surface area (Å²) in [5.41, 5.74) is 8.87. The second kappa shape index (κ2) is 12.6. The Morgan fingerprint density at radius 3 is 2.18 bits per heavy atom. The van der Waals surface area contributed by atoms with Crippen LogP contribution < -0.4 is 16.0 Å². The van der Waals surface area contributed by atoms with Crippen LogP contribution in [0.25, 0.3) is 0 Å². The van der Waals surface area contributed by atoms with E-state index in [0.717, 1.165) is 36.1 Å². The van der Waals surface area contributed by atoms with Crippen LogP contribution in [0.15, 0.2) is 78.9 Å². The van der Waals surface area contributed by atoms with Crippen molar-refractivity contribution in [2.24, 2.45) is 11.7 Å².